The van der Waals surface area contributed by atoms with Gasteiger partial charge in [-0.1, -0.05) is 58.4 Å². The normalized spacial score (nSPS) is 35.3. The molecule has 2 fully saturated rings. The summed E-state index contributed by atoms with van der Waals surface area (Å²) >= 11 is 0. The zero-order chi connectivity index (χ0) is 27.3. The molecule has 1 spiro atoms. The van der Waals surface area contributed by atoms with Gasteiger partial charge in [-0.05, 0) is 39.5 Å². The lowest BCUT2D eigenvalue weighted by atomic mass is 9.73. The highest BCUT2D eigenvalue weighted by atomic mass is 16.5. The Morgan fingerprint density at radius 2 is 1.70 bits per heavy atom. The van der Waals surface area contributed by atoms with Crippen LogP contribution >= 0.6 is 0 Å². The van der Waals surface area contributed by atoms with Gasteiger partial charge in [0.15, 0.2) is 0 Å². The van der Waals surface area contributed by atoms with Crippen molar-refractivity contribution in [2.45, 2.75) is 96.6 Å². The van der Waals surface area contributed by atoms with E-state index in [1.54, 1.807) is 9.80 Å². The molecule has 4 aliphatic rings. The maximum Gasteiger partial charge on any atom is 0.249 e. The largest absolute Gasteiger partial charge is 0.394 e. The second kappa shape index (κ2) is 9.84. The number of nitrogens with zero attached hydrogens (tertiary/aromatic N) is 3. The number of carbonyl (C=O) groups excluding carboxylic acids is 3. The maximum absolute atomic E-state index is 14.6. The van der Waals surface area contributed by atoms with Gasteiger partial charge in [-0.2, -0.15) is 0 Å². The first-order valence-corrected chi connectivity index (χ1v) is 14.0. The van der Waals surface area contributed by atoms with E-state index >= 15 is 0 Å². The lowest BCUT2D eigenvalue weighted by molar-refractivity contribution is -0.160. The lowest BCUT2D eigenvalue weighted by Crippen LogP contribution is -2.62. The third-order valence-corrected chi connectivity index (χ3v) is 9.11. The fraction of sp³-hybridized carbons (Fsp3) is 0.759. The quantitative estimate of drug-likeness (QED) is 0.527. The number of rotatable bonds is 7. The van der Waals surface area contributed by atoms with Gasteiger partial charge in [-0.25, -0.2) is 0 Å². The molecule has 0 aliphatic carbocycles. The van der Waals surface area contributed by atoms with Gasteiger partial charge >= 0.3 is 0 Å². The van der Waals surface area contributed by atoms with Gasteiger partial charge < -0.3 is 24.5 Å². The molecule has 0 bridgehead atoms. The predicted molar refractivity (Wildman–Crippen MR) is 141 cm³/mol. The Labute approximate surface area is 221 Å². The minimum atomic E-state index is -1.29. The van der Waals surface area contributed by atoms with Gasteiger partial charge in [0, 0.05) is 25.2 Å². The van der Waals surface area contributed by atoms with Crippen LogP contribution in [0.25, 0.3) is 0 Å². The maximum atomic E-state index is 14.6. The number of carbonyl (C=O) groups is 3. The van der Waals surface area contributed by atoms with Crippen molar-refractivity contribution in [1.29, 1.82) is 0 Å². The van der Waals surface area contributed by atoms with E-state index in [4.69, 9.17) is 4.74 Å². The molecule has 1 unspecified atom stereocenters. The first kappa shape index (κ1) is 27.8. The van der Waals surface area contributed by atoms with E-state index in [0.717, 1.165) is 12.8 Å². The number of aliphatic hydroxyl groups excluding tert-OH is 1. The Bertz CT molecular complexity index is 987. The number of hydrogen-bond acceptors (Lipinski definition) is 5. The Hall–Kier alpha value is -2.19. The number of ether oxygens (including phenoxy) is 1. The average molecular weight is 516 g/mol. The molecule has 3 amide bonds. The third-order valence-electron chi connectivity index (χ3n) is 9.11. The van der Waals surface area contributed by atoms with Crippen LogP contribution in [0.4, 0.5) is 0 Å². The van der Waals surface area contributed by atoms with E-state index in [-0.39, 0.29) is 30.2 Å². The minimum absolute atomic E-state index is 0.0369. The summed E-state index contributed by atoms with van der Waals surface area (Å²) in [5.74, 6) is -2.17. The van der Waals surface area contributed by atoms with Crippen molar-refractivity contribution in [2.75, 3.05) is 26.2 Å². The molecule has 0 aromatic heterocycles. The first-order valence-electron chi connectivity index (χ1n) is 14.0. The smallest absolute Gasteiger partial charge is 0.249 e. The Morgan fingerprint density at radius 1 is 1.03 bits per heavy atom. The van der Waals surface area contributed by atoms with E-state index in [1.807, 2.05) is 77.7 Å². The fourth-order valence-corrected chi connectivity index (χ4v) is 7.00. The van der Waals surface area contributed by atoms with Gasteiger partial charge in [-0.3, -0.25) is 14.4 Å². The zero-order valence-corrected chi connectivity index (χ0v) is 23.6. The molecule has 7 atom stereocenters. The van der Waals surface area contributed by atoms with Gasteiger partial charge in [-0.15, -0.1) is 0 Å². The summed E-state index contributed by atoms with van der Waals surface area (Å²) in [4.78, 5) is 48.3. The standard InChI is InChI=1S/C29H45N3O5/c1-8-15-30-16-11-13-28(10-3)21(24(30)34)22-25(35)32(20(18-33)19(4)9-2)23-26(36)31(27(5,6)7)17-12-14-29(22,23)37-28/h11-14,19-23,33H,8-10,15-18H2,1-7H3/t19-,20-,21-,22-,23?,28+,29-/m0/s1. The molecule has 0 saturated carbocycles. The molecular formula is C29H45N3O5. The van der Waals surface area contributed by atoms with E-state index in [2.05, 4.69) is 0 Å². The van der Waals surface area contributed by atoms with Gasteiger partial charge in [0.05, 0.1) is 30.1 Å². The number of fused-ring (bicyclic) bond motifs is 2. The van der Waals surface area contributed by atoms with E-state index in [0.29, 0.717) is 26.1 Å². The van der Waals surface area contributed by atoms with Crippen LogP contribution in [0, 0.1) is 17.8 Å². The van der Waals surface area contributed by atoms with Gasteiger partial charge in [0.1, 0.15) is 11.6 Å². The number of aliphatic hydroxyl groups is 1. The Kier molecular flexibility index (Phi) is 7.40. The van der Waals surface area contributed by atoms with Gasteiger partial charge in [0.25, 0.3) is 0 Å². The fourth-order valence-electron chi connectivity index (χ4n) is 7.00. The molecule has 0 aromatic rings. The molecule has 4 heterocycles. The number of hydrogen-bond donors (Lipinski definition) is 1. The first-order chi connectivity index (χ1) is 17.4. The molecule has 37 heavy (non-hydrogen) atoms. The molecule has 0 radical (unpaired) electrons. The molecule has 2 saturated heterocycles. The van der Waals surface area contributed by atoms with Crippen LogP contribution in [-0.4, -0.2) is 92.6 Å². The van der Waals surface area contributed by atoms with Crippen molar-refractivity contribution >= 4 is 17.7 Å². The molecule has 1 N–H and O–H groups in total. The highest BCUT2D eigenvalue weighted by Crippen LogP contribution is 2.59. The van der Waals surface area contributed by atoms with Crippen LogP contribution in [0.3, 0.4) is 0 Å². The SMILES string of the molecule is CCCN1CC=C[C@@]2(CC)O[C@]34C=CCN(C(C)(C)C)C(=O)C3N([C@@H](CO)[C@@H](C)CC)C(=O)[C@@H]4[C@H]2C1=O. The van der Waals surface area contributed by atoms with Crippen molar-refractivity contribution in [3.05, 3.63) is 24.3 Å². The summed E-state index contributed by atoms with van der Waals surface area (Å²) in [6.45, 7) is 15.2. The van der Waals surface area contributed by atoms with Crippen LogP contribution in [0.15, 0.2) is 24.3 Å². The van der Waals surface area contributed by atoms with E-state index in [1.165, 1.54) is 0 Å². The van der Waals surface area contributed by atoms with Crippen molar-refractivity contribution < 1.29 is 24.2 Å². The minimum Gasteiger partial charge on any atom is -0.394 e. The summed E-state index contributed by atoms with van der Waals surface area (Å²) in [6, 6.07) is -1.50. The summed E-state index contributed by atoms with van der Waals surface area (Å²) in [7, 11) is 0. The molecule has 8 nitrogen and oxygen atoms in total. The average Bonchev–Trinajstić information content (AvgIpc) is 3.13. The van der Waals surface area contributed by atoms with Crippen molar-refractivity contribution in [2.24, 2.45) is 17.8 Å². The summed E-state index contributed by atoms with van der Waals surface area (Å²) in [5.41, 5.74) is -2.74. The topological polar surface area (TPSA) is 90.4 Å². The highest BCUT2D eigenvalue weighted by molar-refractivity contribution is 6.00. The summed E-state index contributed by atoms with van der Waals surface area (Å²) < 4.78 is 7.00. The molecule has 8 heteroatoms. The predicted octanol–water partition coefficient (Wildman–Crippen LogP) is 2.76. The van der Waals surface area contributed by atoms with Gasteiger partial charge in [0.2, 0.25) is 17.7 Å². The summed E-state index contributed by atoms with van der Waals surface area (Å²) in [6.07, 6.45) is 9.83. The monoisotopic (exact) mass is 515 g/mol. The second-order valence-corrected chi connectivity index (χ2v) is 12.2. The van der Waals surface area contributed by atoms with Crippen molar-refractivity contribution in [1.82, 2.24) is 14.7 Å². The van der Waals surface area contributed by atoms with Crippen molar-refractivity contribution in [3.8, 4) is 0 Å². The van der Waals surface area contributed by atoms with Crippen LogP contribution < -0.4 is 0 Å². The zero-order valence-electron chi connectivity index (χ0n) is 23.6. The van der Waals surface area contributed by atoms with E-state index in [9.17, 15) is 19.5 Å². The molecule has 206 valence electrons. The second-order valence-electron chi connectivity index (χ2n) is 12.2. The molecule has 4 aliphatic heterocycles. The molecule has 0 aromatic carbocycles. The van der Waals surface area contributed by atoms with Crippen molar-refractivity contribution in [3.63, 3.8) is 0 Å². The van der Waals surface area contributed by atoms with Crippen LogP contribution in [-0.2, 0) is 19.1 Å². The summed E-state index contributed by atoms with van der Waals surface area (Å²) in [5, 5.41) is 10.5. The lowest BCUT2D eigenvalue weighted by Gasteiger charge is -2.44. The van der Waals surface area contributed by atoms with E-state index < -0.39 is 40.7 Å². The van der Waals surface area contributed by atoms with Crippen LogP contribution in [0.2, 0.25) is 0 Å². The molecule has 4 rings (SSSR count). The van der Waals surface area contributed by atoms with Crippen LogP contribution in [0.5, 0.6) is 0 Å². The highest BCUT2D eigenvalue weighted by Gasteiger charge is 2.76. The third kappa shape index (κ3) is 4.06. The Balaban J connectivity index is 1.95. The number of amides is 3. The van der Waals surface area contributed by atoms with Crippen LogP contribution in [0.1, 0.15) is 67.7 Å². The Morgan fingerprint density at radius 3 is 2.27 bits per heavy atom. The number of likely N-dealkylation sites (tertiary alicyclic amines) is 1. The molecular weight excluding hydrogens is 470 g/mol.